The molecule has 3 aliphatic carbocycles. The Balaban J connectivity index is 1.24. The molecule has 5 heteroatoms. The van der Waals surface area contributed by atoms with E-state index in [-0.39, 0.29) is 29.1 Å². The number of nitrogens with one attached hydrogen (secondary N) is 1. The summed E-state index contributed by atoms with van der Waals surface area (Å²) in [5.41, 5.74) is 4.67. The molecule has 0 heterocycles. The maximum absolute atomic E-state index is 12.6. The van der Waals surface area contributed by atoms with Crippen molar-refractivity contribution < 1.29 is 19.4 Å². The number of carboxylic acids is 1. The van der Waals surface area contributed by atoms with Crippen LogP contribution in [-0.2, 0) is 9.53 Å². The minimum Gasteiger partial charge on any atom is -0.481 e. The van der Waals surface area contributed by atoms with Gasteiger partial charge in [-0.2, -0.15) is 0 Å². The topological polar surface area (TPSA) is 75.6 Å². The minimum atomic E-state index is -0.684. The van der Waals surface area contributed by atoms with E-state index >= 15 is 0 Å². The predicted octanol–water partition coefficient (Wildman–Crippen LogP) is 5.05. The molecule has 4 unspecified atom stereocenters. The lowest BCUT2D eigenvalue weighted by atomic mass is 9.71. The molecule has 5 rings (SSSR count). The number of alkyl carbamates (subject to hydrolysis) is 1. The highest BCUT2D eigenvalue weighted by molar-refractivity contribution is 5.79. The number of carboxylic acid groups (broad SMARTS) is 1. The molecule has 2 aromatic rings. The number of benzene rings is 2. The highest BCUT2D eigenvalue weighted by Crippen LogP contribution is 2.64. The van der Waals surface area contributed by atoms with Gasteiger partial charge in [0, 0.05) is 12.5 Å². The highest BCUT2D eigenvalue weighted by atomic mass is 16.5. The van der Waals surface area contributed by atoms with Crippen molar-refractivity contribution in [2.75, 3.05) is 13.2 Å². The summed E-state index contributed by atoms with van der Waals surface area (Å²) in [6.07, 6.45) is 3.46. The summed E-state index contributed by atoms with van der Waals surface area (Å²) >= 11 is 0. The number of hydrogen-bond donors (Lipinski definition) is 2. The number of hydrogen-bond acceptors (Lipinski definition) is 3. The number of carbonyl (C=O) groups excluding carboxylic acids is 1. The van der Waals surface area contributed by atoms with Crippen molar-refractivity contribution in [3.05, 3.63) is 59.7 Å². The minimum absolute atomic E-state index is 0.0390. The first-order valence-electron chi connectivity index (χ1n) is 11.4. The van der Waals surface area contributed by atoms with Gasteiger partial charge in [0.25, 0.3) is 0 Å². The fourth-order valence-electron chi connectivity index (χ4n) is 6.40. The third-order valence-electron chi connectivity index (χ3n) is 8.01. The Bertz CT molecular complexity index is 972. The molecule has 0 bridgehead atoms. The second-order valence-electron chi connectivity index (χ2n) is 9.34. The van der Waals surface area contributed by atoms with Crippen LogP contribution in [0.3, 0.4) is 0 Å². The molecule has 2 aromatic carbocycles. The van der Waals surface area contributed by atoms with Crippen molar-refractivity contribution >= 4 is 12.1 Å². The smallest absolute Gasteiger partial charge is 0.407 e. The lowest BCUT2D eigenvalue weighted by Gasteiger charge is -2.36. The van der Waals surface area contributed by atoms with Crippen LogP contribution in [0.5, 0.6) is 0 Å². The number of amides is 1. The lowest BCUT2D eigenvalue weighted by molar-refractivity contribution is -0.139. The fraction of sp³-hybridized carbons (Fsp3) is 0.462. The molecule has 5 nitrogen and oxygen atoms in total. The SMILES string of the molecule is CCC1(CNC(=O)OCC2c3ccccc3-c3ccccc32)CCCC2C(C(=O)O)C21. The molecule has 0 saturated heterocycles. The molecular formula is C26H29NO4. The van der Waals surface area contributed by atoms with E-state index < -0.39 is 12.1 Å². The van der Waals surface area contributed by atoms with Gasteiger partial charge in [-0.25, -0.2) is 4.79 Å². The summed E-state index contributed by atoms with van der Waals surface area (Å²) < 4.78 is 5.68. The predicted molar refractivity (Wildman–Crippen MR) is 118 cm³/mol. The van der Waals surface area contributed by atoms with Crippen LogP contribution in [0.15, 0.2) is 48.5 Å². The number of ether oxygens (including phenoxy) is 1. The third-order valence-corrected chi connectivity index (χ3v) is 8.01. The first-order valence-corrected chi connectivity index (χ1v) is 11.4. The van der Waals surface area contributed by atoms with E-state index in [2.05, 4.69) is 36.5 Å². The largest absolute Gasteiger partial charge is 0.481 e. The molecular weight excluding hydrogens is 390 g/mol. The molecule has 4 atom stereocenters. The van der Waals surface area contributed by atoms with E-state index in [4.69, 9.17) is 4.74 Å². The van der Waals surface area contributed by atoms with Crippen molar-refractivity contribution in [1.82, 2.24) is 5.32 Å². The molecule has 1 amide bonds. The Kier molecular flexibility index (Phi) is 4.99. The second kappa shape index (κ2) is 7.70. The lowest BCUT2D eigenvalue weighted by Crippen LogP contribution is -2.41. The Morgan fingerprint density at radius 1 is 1.10 bits per heavy atom. The van der Waals surface area contributed by atoms with Crippen molar-refractivity contribution in [3.8, 4) is 11.1 Å². The quantitative estimate of drug-likeness (QED) is 0.687. The van der Waals surface area contributed by atoms with E-state index in [9.17, 15) is 14.7 Å². The summed E-state index contributed by atoms with van der Waals surface area (Å²) in [6.45, 7) is 2.90. The summed E-state index contributed by atoms with van der Waals surface area (Å²) in [7, 11) is 0. The summed E-state index contributed by atoms with van der Waals surface area (Å²) in [5, 5.41) is 12.5. The van der Waals surface area contributed by atoms with Gasteiger partial charge in [0.1, 0.15) is 6.61 Å². The molecule has 0 radical (unpaired) electrons. The van der Waals surface area contributed by atoms with Gasteiger partial charge in [-0.05, 0) is 58.8 Å². The monoisotopic (exact) mass is 419 g/mol. The second-order valence-corrected chi connectivity index (χ2v) is 9.34. The normalized spacial score (nSPS) is 28.2. The highest BCUT2D eigenvalue weighted by Gasteiger charge is 2.64. The molecule has 0 aromatic heterocycles. The van der Waals surface area contributed by atoms with E-state index in [1.165, 1.54) is 22.3 Å². The first kappa shape index (κ1) is 20.1. The van der Waals surface area contributed by atoms with Crippen LogP contribution in [0.25, 0.3) is 11.1 Å². The fourth-order valence-corrected chi connectivity index (χ4v) is 6.40. The van der Waals surface area contributed by atoms with Crippen LogP contribution in [0.2, 0.25) is 0 Å². The van der Waals surface area contributed by atoms with Gasteiger partial charge in [0.2, 0.25) is 0 Å². The Labute approximate surface area is 182 Å². The van der Waals surface area contributed by atoms with E-state index in [1.54, 1.807) is 0 Å². The van der Waals surface area contributed by atoms with E-state index in [0.717, 1.165) is 25.7 Å². The zero-order valence-corrected chi connectivity index (χ0v) is 17.8. The van der Waals surface area contributed by atoms with Gasteiger partial charge in [-0.15, -0.1) is 0 Å². The Hall–Kier alpha value is -2.82. The number of aliphatic carboxylic acids is 1. The summed E-state index contributed by atoms with van der Waals surface area (Å²) in [5.74, 6) is -0.437. The first-order chi connectivity index (χ1) is 15.1. The molecule has 31 heavy (non-hydrogen) atoms. The molecule has 3 aliphatic rings. The van der Waals surface area contributed by atoms with Gasteiger partial charge < -0.3 is 15.2 Å². The van der Waals surface area contributed by atoms with Gasteiger partial charge >= 0.3 is 12.1 Å². The van der Waals surface area contributed by atoms with Crippen LogP contribution >= 0.6 is 0 Å². The van der Waals surface area contributed by atoms with Crippen LogP contribution in [-0.4, -0.2) is 30.3 Å². The standard InChI is InChI=1S/C26H29NO4/c1-2-26(13-7-12-20-22(23(20)26)24(28)29)15-27-25(30)31-14-21-18-10-5-3-8-16(18)17-9-4-6-11-19(17)21/h3-6,8-11,20-23H,2,7,12-15H2,1H3,(H,27,30)(H,28,29). The average molecular weight is 420 g/mol. The van der Waals surface area contributed by atoms with Crippen molar-refractivity contribution in [3.63, 3.8) is 0 Å². The zero-order chi connectivity index (χ0) is 21.6. The van der Waals surface area contributed by atoms with Gasteiger partial charge in [-0.3, -0.25) is 4.79 Å². The van der Waals surface area contributed by atoms with E-state index in [1.807, 2.05) is 24.3 Å². The summed E-state index contributed by atoms with van der Waals surface area (Å²) in [6, 6.07) is 16.6. The number of rotatable bonds is 6. The van der Waals surface area contributed by atoms with Gasteiger partial charge in [0.15, 0.2) is 0 Å². The van der Waals surface area contributed by atoms with Crippen molar-refractivity contribution in [1.29, 1.82) is 0 Å². The molecule has 2 N–H and O–H groups in total. The van der Waals surface area contributed by atoms with Gasteiger partial charge in [0.05, 0.1) is 5.92 Å². The van der Waals surface area contributed by atoms with Crippen LogP contribution in [0.1, 0.15) is 49.7 Å². The molecule has 0 spiro atoms. The van der Waals surface area contributed by atoms with Gasteiger partial charge in [-0.1, -0.05) is 61.9 Å². The van der Waals surface area contributed by atoms with Crippen molar-refractivity contribution in [2.45, 2.75) is 38.5 Å². The van der Waals surface area contributed by atoms with Crippen LogP contribution in [0.4, 0.5) is 4.79 Å². The Morgan fingerprint density at radius 3 is 2.35 bits per heavy atom. The molecule has 0 aliphatic heterocycles. The van der Waals surface area contributed by atoms with Crippen molar-refractivity contribution in [2.24, 2.45) is 23.2 Å². The maximum atomic E-state index is 12.6. The Morgan fingerprint density at radius 2 is 1.74 bits per heavy atom. The number of carbonyl (C=O) groups is 2. The zero-order valence-electron chi connectivity index (χ0n) is 17.8. The molecule has 2 saturated carbocycles. The van der Waals surface area contributed by atoms with Crippen LogP contribution < -0.4 is 5.32 Å². The third kappa shape index (κ3) is 3.31. The maximum Gasteiger partial charge on any atom is 0.407 e. The van der Waals surface area contributed by atoms with E-state index in [0.29, 0.717) is 13.2 Å². The van der Waals surface area contributed by atoms with Crippen LogP contribution in [0, 0.1) is 23.2 Å². The summed E-state index contributed by atoms with van der Waals surface area (Å²) in [4.78, 5) is 24.2. The average Bonchev–Trinajstić information content (AvgIpc) is 3.47. The number of fused-ring (bicyclic) bond motifs is 4. The molecule has 162 valence electrons. The molecule has 2 fully saturated rings.